The van der Waals surface area contributed by atoms with Gasteiger partial charge in [0.25, 0.3) is 0 Å². The molecule has 6 nitrogen and oxygen atoms in total. The summed E-state index contributed by atoms with van der Waals surface area (Å²) in [6.07, 6.45) is -0.889. The fourth-order valence-electron chi connectivity index (χ4n) is 2.09. The van der Waals surface area contributed by atoms with Crippen LogP contribution in [0.5, 0.6) is 5.75 Å². The van der Waals surface area contributed by atoms with E-state index in [-0.39, 0.29) is 18.4 Å². The number of benzene rings is 1. The first kappa shape index (κ1) is 19.0. The number of carbonyl (C=O) groups excluding carboxylic acids is 2. The molecule has 0 aromatic heterocycles. The van der Waals surface area contributed by atoms with Crippen molar-refractivity contribution in [3.63, 3.8) is 0 Å². The zero-order chi connectivity index (χ0) is 17.6. The molecule has 1 rings (SSSR count). The van der Waals surface area contributed by atoms with Crippen molar-refractivity contribution in [2.45, 2.75) is 45.6 Å². The number of hydrogen-bond acceptors (Lipinski definition) is 6. The Morgan fingerprint density at radius 2 is 1.61 bits per heavy atom. The predicted octanol–water partition coefficient (Wildman–Crippen LogP) is 2.95. The van der Waals surface area contributed by atoms with Crippen molar-refractivity contribution in [1.82, 2.24) is 0 Å². The molecule has 0 fully saturated rings. The van der Waals surface area contributed by atoms with E-state index in [2.05, 4.69) is 4.74 Å². The first-order valence-electron chi connectivity index (χ1n) is 7.58. The summed E-state index contributed by atoms with van der Waals surface area (Å²) in [6, 6.07) is 4.74. The van der Waals surface area contributed by atoms with Crippen molar-refractivity contribution in [2.75, 3.05) is 13.7 Å². The predicted molar refractivity (Wildman–Crippen MR) is 86.6 cm³/mol. The molecule has 0 aliphatic rings. The summed E-state index contributed by atoms with van der Waals surface area (Å²) < 4.78 is 14.8. The van der Waals surface area contributed by atoms with Crippen molar-refractivity contribution in [3.8, 4) is 5.75 Å². The lowest BCUT2D eigenvalue weighted by Crippen LogP contribution is -2.37. The molecular formula is C17H25NO5. The Morgan fingerprint density at radius 3 is 2.04 bits per heavy atom. The van der Waals surface area contributed by atoms with Gasteiger partial charge in [-0.1, -0.05) is 45.9 Å². The maximum Gasteiger partial charge on any atom is 0.513 e. The molecule has 1 aromatic rings. The Bertz CT molecular complexity index is 528. The van der Waals surface area contributed by atoms with Gasteiger partial charge < -0.3 is 19.9 Å². The van der Waals surface area contributed by atoms with Gasteiger partial charge in [0, 0.05) is 0 Å². The highest BCUT2D eigenvalue weighted by molar-refractivity contribution is 5.76. The lowest BCUT2D eigenvalue weighted by molar-refractivity contribution is -0.143. The average molecular weight is 323 g/mol. The smallest absolute Gasteiger partial charge is 0.468 e. The molecule has 1 aromatic carbocycles. The van der Waals surface area contributed by atoms with Gasteiger partial charge in [0.1, 0.15) is 18.4 Å². The third-order valence-corrected chi connectivity index (χ3v) is 3.39. The van der Waals surface area contributed by atoms with Crippen molar-refractivity contribution in [2.24, 2.45) is 5.73 Å². The average Bonchev–Trinajstić information content (AvgIpc) is 2.51. The third kappa shape index (κ3) is 5.25. The molecule has 0 saturated carbocycles. The lowest BCUT2D eigenvalue weighted by Gasteiger charge is -2.19. The van der Waals surface area contributed by atoms with Crippen LogP contribution in [0.3, 0.4) is 0 Å². The standard InChI is InChI=1S/C17H25NO5/c1-10(2)12-7-6-8-13(11(3)4)15(12)23-17(20)22-9-14(18)16(19)21-5/h6-8,10-11,14H,9,18H2,1-5H3/t14-/m0/s1. The van der Waals surface area contributed by atoms with E-state index in [1.165, 1.54) is 7.11 Å². The van der Waals surface area contributed by atoms with Gasteiger partial charge >= 0.3 is 12.1 Å². The van der Waals surface area contributed by atoms with Gasteiger partial charge in [0.05, 0.1) is 7.11 Å². The highest BCUT2D eigenvalue weighted by atomic mass is 16.7. The highest BCUT2D eigenvalue weighted by Gasteiger charge is 2.21. The summed E-state index contributed by atoms with van der Waals surface area (Å²) in [5, 5.41) is 0. The van der Waals surface area contributed by atoms with E-state index < -0.39 is 18.2 Å². The maximum atomic E-state index is 11.9. The summed E-state index contributed by atoms with van der Waals surface area (Å²) in [5.41, 5.74) is 7.36. The van der Waals surface area contributed by atoms with E-state index in [1.54, 1.807) is 0 Å². The van der Waals surface area contributed by atoms with Crippen LogP contribution in [-0.2, 0) is 14.3 Å². The molecule has 0 spiro atoms. The Kier molecular flexibility index (Phi) is 7.03. The molecule has 0 amide bonds. The summed E-state index contributed by atoms with van der Waals surface area (Å²) in [7, 11) is 1.22. The molecule has 0 unspecified atom stereocenters. The van der Waals surface area contributed by atoms with Crippen LogP contribution in [-0.4, -0.2) is 31.9 Å². The van der Waals surface area contributed by atoms with Crippen LogP contribution in [0, 0.1) is 0 Å². The van der Waals surface area contributed by atoms with E-state index in [4.69, 9.17) is 15.2 Å². The molecule has 128 valence electrons. The number of nitrogens with two attached hydrogens (primary N) is 1. The zero-order valence-electron chi connectivity index (χ0n) is 14.3. The van der Waals surface area contributed by atoms with Crippen molar-refractivity contribution in [3.05, 3.63) is 29.3 Å². The number of hydrogen-bond donors (Lipinski definition) is 1. The van der Waals surface area contributed by atoms with E-state index in [0.29, 0.717) is 5.75 Å². The Morgan fingerprint density at radius 1 is 1.09 bits per heavy atom. The van der Waals surface area contributed by atoms with Gasteiger partial charge in [0.2, 0.25) is 0 Å². The second-order valence-corrected chi connectivity index (χ2v) is 5.87. The first-order chi connectivity index (χ1) is 10.8. The molecule has 0 aliphatic heterocycles. The molecule has 1 atom stereocenters. The third-order valence-electron chi connectivity index (χ3n) is 3.39. The quantitative estimate of drug-likeness (QED) is 0.639. The molecule has 0 saturated heterocycles. The van der Waals surface area contributed by atoms with Crippen LogP contribution in [0.25, 0.3) is 0 Å². The Balaban J connectivity index is 2.86. The van der Waals surface area contributed by atoms with Gasteiger partial charge in [0.15, 0.2) is 0 Å². The molecular weight excluding hydrogens is 298 g/mol. The van der Waals surface area contributed by atoms with Gasteiger partial charge in [-0.15, -0.1) is 0 Å². The van der Waals surface area contributed by atoms with Gasteiger partial charge in [-0.25, -0.2) is 4.79 Å². The molecule has 23 heavy (non-hydrogen) atoms. The van der Waals surface area contributed by atoms with Crippen LogP contribution in [0.15, 0.2) is 18.2 Å². The number of rotatable bonds is 6. The second-order valence-electron chi connectivity index (χ2n) is 5.87. The SMILES string of the molecule is COC(=O)[C@@H](N)COC(=O)Oc1c(C(C)C)cccc1C(C)C. The highest BCUT2D eigenvalue weighted by Crippen LogP contribution is 2.34. The molecule has 2 N–H and O–H groups in total. The van der Waals surface area contributed by atoms with Crippen molar-refractivity contribution >= 4 is 12.1 Å². The van der Waals surface area contributed by atoms with Gasteiger partial charge in [-0.3, -0.25) is 4.79 Å². The van der Waals surface area contributed by atoms with E-state index in [1.807, 2.05) is 45.9 Å². The minimum Gasteiger partial charge on any atom is -0.468 e. The number of esters is 1. The van der Waals surface area contributed by atoms with Crippen LogP contribution >= 0.6 is 0 Å². The van der Waals surface area contributed by atoms with Crippen molar-refractivity contribution in [1.29, 1.82) is 0 Å². The van der Waals surface area contributed by atoms with E-state index in [0.717, 1.165) is 11.1 Å². The second kappa shape index (κ2) is 8.53. The fourth-order valence-corrected chi connectivity index (χ4v) is 2.09. The number of methoxy groups -OCH3 is 1. The summed E-state index contributed by atoms with van der Waals surface area (Å²) in [5.74, 6) is 0.236. The summed E-state index contributed by atoms with van der Waals surface area (Å²) in [6.45, 7) is 7.78. The van der Waals surface area contributed by atoms with Crippen LogP contribution in [0.4, 0.5) is 4.79 Å². The van der Waals surface area contributed by atoms with Gasteiger partial charge in [-0.05, 0) is 23.0 Å². The monoisotopic (exact) mass is 323 g/mol. The van der Waals surface area contributed by atoms with Crippen LogP contribution in [0.1, 0.15) is 50.7 Å². The summed E-state index contributed by atoms with van der Waals surface area (Å²) in [4.78, 5) is 23.1. The fraction of sp³-hybridized carbons (Fsp3) is 0.529. The normalized spacial score (nSPS) is 12.2. The number of para-hydroxylation sites is 1. The molecule has 0 heterocycles. The van der Waals surface area contributed by atoms with E-state index >= 15 is 0 Å². The van der Waals surface area contributed by atoms with Crippen molar-refractivity contribution < 1.29 is 23.8 Å². The summed E-state index contributed by atoms with van der Waals surface area (Å²) >= 11 is 0. The van der Waals surface area contributed by atoms with Gasteiger partial charge in [-0.2, -0.15) is 0 Å². The van der Waals surface area contributed by atoms with E-state index in [9.17, 15) is 9.59 Å². The molecule has 0 radical (unpaired) electrons. The first-order valence-corrected chi connectivity index (χ1v) is 7.58. The Hall–Kier alpha value is -2.08. The van der Waals surface area contributed by atoms with Crippen LogP contribution in [0.2, 0.25) is 0 Å². The van der Waals surface area contributed by atoms with Crippen LogP contribution < -0.4 is 10.5 Å². The molecule has 0 aliphatic carbocycles. The Labute approximate surface area is 136 Å². The minimum absolute atomic E-state index is 0.189. The minimum atomic E-state index is -1.03. The lowest BCUT2D eigenvalue weighted by atomic mass is 9.94. The largest absolute Gasteiger partial charge is 0.513 e. The number of carbonyl (C=O) groups is 2. The molecule has 0 bridgehead atoms. The molecule has 6 heteroatoms. The topological polar surface area (TPSA) is 87.9 Å². The zero-order valence-corrected chi connectivity index (χ0v) is 14.3. The maximum absolute atomic E-state index is 11.9. The number of ether oxygens (including phenoxy) is 3.